The first-order valence-electron chi connectivity index (χ1n) is 8.76. The number of aromatic hydroxyl groups is 1. The Hall–Kier alpha value is -2.33. The van der Waals surface area contributed by atoms with E-state index in [9.17, 15) is 5.11 Å². The number of ether oxygens (including phenoxy) is 1. The number of aryl methyl sites for hydroxylation is 1. The molecule has 2 rings (SSSR count). The van der Waals surface area contributed by atoms with Crippen molar-refractivity contribution in [1.29, 1.82) is 0 Å². The van der Waals surface area contributed by atoms with E-state index in [4.69, 9.17) is 4.74 Å². The van der Waals surface area contributed by atoms with Crippen LogP contribution in [0.2, 0.25) is 0 Å². The van der Waals surface area contributed by atoms with Crippen molar-refractivity contribution in [1.82, 2.24) is 4.90 Å². The van der Waals surface area contributed by atoms with Crippen LogP contribution in [0.5, 0.6) is 11.5 Å². The summed E-state index contributed by atoms with van der Waals surface area (Å²) < 4.78 is 5.41. The molecule has 0 amide bonds. The Morgan fingerprint density at radius 1 is 1.12 bits per heavy atom. The molecular formula is C21H28N2O2. The van der Waals surface area contributed by atoms with E-state index in [1.807, 2.05) is 19.1 Å². The molecule has 0 saturated carbocycles. The van der Waals surface area contributed by atoms with Crippen molar-refractivity contribution < 1.29 is 9.84 Å². The third-order valence-electron chi connectivity index (χ3n) is 4.23. The van der Waals surface area contributed by atoms with Gasteiger partial charge < -0.3 is 14.7 Å². The molecule has 0 spiro atoms. The first-order chi connectivity index (χ1) is 12.1. The van der Waals surface area contributed by atoms with Gasteiger partial charge in [0, 0.05) is 11.8 Å². The lowest BCUT2D eigenvalue weighted by molar-refractivity contribution is 0.307. The Labute approximate surface area is 150 Å². The number of phenols is 1. The van der Waals surface area contributed by atoms with Crippen molar-refractivity contribution in [2.24, 2.45) is 4.99 Å². The van der Waals surface area contributed by atoms with Crippen LogP contribution in [0.15, 0.2) is 47.5 Å². The Balaban J connectivity index is 2.13. The summed E-state index contributed by atoms with van der Waals surface area (Å²) in [6, 6.07) is 14.3. The zero-order chi connectivity index (χ0) is 18.2. The van der Waals surface area contributed by atoms with Crippen molar-refractivity contribution in [2.75, 3.05) is 27.2 Å². The van der Waals surface area contributed by atoms with Gasteiger partial charge in [-0.1, -0.05) is 37.3 Å². The Morgan fingerprint density at radius 2 is 1.84 bits per heavy atom. The lowest BCUT2D eigenvalue weighted by Crippen LogP contribution is -2.22. The normalized spacial score (nSPS) is 12.7. The Bertz CT molecular complexity index is 694. The highest BCUT2D eigenvalue weighted by atomic mass is 16.5. The maximum atomic E-state index is 10.2. The van der Waals surface area contributed by atoms with Gasteiger partial charge in [-0.15, -0.1) is 0 Å². The molecule has 0 fully saturated rings. The molecule has 2 aromatic rings. The molecule has 1 N–H and O–H groups in total. The fraction of sp³-hybridized carbons (Fsp3) is 0.381. The minimum absolute atomic E-state index is 0.141. The van der Waals surface area contributed by atoms with Crippen molar-refractivity contribution in [2.45, 2.75) is 26.3 Å². The first kappa shape index (κ1) is 19.0. The molecule has 4 heteroatoms. The van der Waals surface area contributed by atoms with E-state index >= 15 is 0 Å². The maximum Gasteiger partial charge on any atom is 0.166 e. The summed E-state index contributed by atoms with van der Waals surface area (Å²) in [5.74, 6) is 0.632. The summed E-state index contributed by atoms with van der Waals surface area (Å²) in [7, 11) is 4.11. The largest absolute Gasteiger partial charge is 0.504 e. The minimum atomic E-state index is 0.141. The van der Waals surface area contributed by atoms with E-state index in [1.165, 1.54) is 11.1 Å². The molecule has 4 nitrogen and oxygen atoms in total. The highest BCUT2D eigenvalue weighted by molar-refractivity contribution is 5.84. The van der Waals surface area contributed by atoms with Gasteiger partial charge in [0.2, 0.25) is 0 Å². The number of rotatable bonds is 8. The van der Waals surface area contributed by atoms with Crippen molar-refractivity contribution >= 4 is 6.21 Å². The average molecular weight is 340 g/mol. The van der Waals surface area contributed by atoms with Gasteiger partial charge in [-0.25, -0.2) is 0 Å². The molecule has 0 aliphatic carbocycles. The topological polar surface area (TPSA) is 45.1 Å². The lowest BCUT2D eigenvalue weighted by atomic mass is 10.0. The smallest absolute Gasteiger partial charge is 0.166 e. The summed E-state index contributed by atoms with van der Waals surface area (Å²) in [5, 5.41) is 10.2. The molecule has 25 heavy (non-hydrogen) atoms. The second-order valence-electron chi connectivity index (χ2n) is 6.20. The van der Waals surface area contributed by atoms with E-state index in [0.29, 0.717) is 24.5 Å². The third kappa shape index (κ3) is 5.07. The average Bonchev–Trinajstić information content (AvgIpc) is 2.61. The number of hydrogen-bond donors (Lipinski definition) is 1. The standard InChI is InChI=1S/C21H28N2O2/c1-5-16-10-12-17(13-11-16)19(23(3)4)15-22-14-18-8-7-9-20(21(18)24)25-6-2/h7-14,19,24H,5-6,15H2,1-4H3/t19-/m0/s1. The second kappa shape index (κ2) is 9.23. The number of aliphatic imine (C=N–C) groups is 1. The van der Waals surface area contributed by atoms with Crippen LogP contribution in [0.1, 0.15) is 36.6 Å². The molecule has 0 aliphatic heterocycles. The van der Waals surface area contributed by atoms with Gasteiger partial charge >= 0.3 is 0 Å². The number of benzene rings is 2. The van der Waals surface area contributed by atoms with Gasteiger partial charge in [-0.3, -0.25) is 4.99 Å². The van der Waals surface area contributed by atoms with Crippen LogP contribution < -0.4 is 4.74 Å². The molecule has 0 aliphatic rings. The Kier molecular flexibility index (Phi) is 7.02. The molecule has 0 saturated heterocycles. The van der Waals surface area contributed by atoms with Gasteiger partial charge in [0.1, 0.15) is 0 Å². The van der Waals surface area contributed by atoms with E-state index < -0.39 is 0 Å². The predicted octanol–water partition coefficient (Wildman–Crippen LogP) is 4.08. The number of likely N-dealkylation sites (N-methyl/N-ethyl adjacent to an activating group) is 1. The van der Waals surface area contributed by atoms with E-state index in [2.05, 4.69) is 55.2 Å². The highest BCUT2D eigenvalue weighted by Gasteiger charge is 2.13. The fourth-order valence-corrected chi connectivity index (χ4v) is 2.71. The number of hydrogen-bond acceptors (Lipinski definition) is 4. The first-order valence-corrected chi connectivity index (χ1v) is 8.76. The maximum absolute atomic E-state index is 10.2. The summed E-state index contributed by atoms with van der Waals surface area (Å²) >= 11 is 0. The zero-order valence-corrected chi connectivity index (χ0v) is 15.6. The van der Waals surface area contributed by atoms with E-state index in [-0.39, 0.29) is 11.8 Å². The SMILES string of the molecule is CCOc1cccc(C=NC[C@@H](c2ccc(CC)cc2)N(C)C)c1O. The predicted molar refractivity (Wildman–Crippen MR) is 104 cm³/mol. The third-order valence-corrected chi connectivity index (χ3v) is 4.23. The van der Waals surface area contributed by atoms with Crippen LogP contribution >= 0.6 is 0 Å². The van der Waals surface area contributed by atoms with Crippen molar-refractivity contribution in [3.63, 3.8) is 0 Å². The molecule has 1 atom stereocenters. The van der Waals surface area contributed by atoms with Crippen LogP contribution in [0, 0.1) is 0 Å². The summed E-state index contributed by atoms with van der Waals surface area (Å²) in [5.41, 5.74) is 3.25. The van der Waals surface area contributed by atoms with Gasteiger partial charge in [0.15, 0.2) is 11.5 Å². The van der Waals surface area contributed by atoms with Crippen LogP contribution in [-0.2, 0) is 6.42 Å². The van der Waals surface area contributed by atoms with E-state index in [1.54, 1.807) is 12.3 Å². The summed E-state index contributed by atoms with van der Waals surface area (Å²) in [6.07, 6.45) is 2.76. The summed E-state index contributed by atoms with van der Waals surface area (Å²) in [6.45, 7) is 5.19. The zero-order valence-electron chi connectivity index (χ0n) is 15.6. The molecule has 0 heterocycles. The molecule has 134 valence electrons. The molecule has 2 aromatic carbocycles. The van der Waals surface area contributed by atoms with E-state index in [0.717, 1.165) is 6.42 Å². The van der Waals surface area contributed by atoms with Gasteiger partial charge in [0.25, 0.3) is 0 Å². The molecular weight excluding hydrogens is 312 g/mol. The van der Waals surface area contributed by atoms with Crippen molar-refractivity contribution in [3.05, 3.63) is 59.2 Å². The Morgan fingerprint density at radius 3 is 2.44 bits per heavy atom. The van der Waals surface area contributed by atoms with Crippen LogP contribution in [-0.4, -0.2) is 43.5 Å². The molecule has 0 aromatic heterocycles. The van der Waals surface area contributed by atoms with Crippen molar-refractivity contribution in [3.8, 4) is 11.5 Å². The van der Waals surface area contributed by atoms with Gasteiger partial charge in [-0.2, -0.15) is 0 Å². The number of para-hydroxylation sites is 1. The monoisotopic (exact) mass is 340 g/mol. The number of phenolic OH excluding ortho intramolecular Hbond substituents is 1. The van der Waals surface area contributed by atoms with Gasteiger partial charge in [-0.05, 0) is 50.7 Å². The fourth-order valence-electron chi connectivity index (χ4n) is 2.71. The number of nitrogens with zero attached hydrogens (tertiary/aromatic N) is 2. The molecule has 0 radical (unpaired) electrons. The minimum Gasteiger partial charge on any atom is -0.504 e. The quantitative estimate of drug-likeness (QED) is 0.737. The lowest BCUT2D eigenvalue weighted by Gasteiger charge is -2.23. The molecule has 0 bridgehead atoms. The van der Waals surface area contributed by atoms with Gasteiger partial charge in [0.05, 0.1) is 19.2 Å². The van der Waals surface area contributed by atoms with Crippen LogP contribution in [0.4, 0.5) is 0 Å². The summed E-state index contributed by atoms with van der Waals surface area (Å²) in [4.78, 5) is 6.72. The van der Waals surface area contributed by atoms with Crippen LogP contribution in [0.3, 0.4) is 0 Å². The molecule has 0 unspecified atom stereocenters. The second-order valence-corrected chi connectivity index (χ2v) is 6.20. The van der Waals surface area contributed by atoms with Crippen LogP contribution in [0.25, 0.3) is 0 Å². The highest BCUT2D eigenvalue weighted by Crippen LogP contribution is 2.28.